The fraction of sp³-hybridized carbons (Fsp3) is 0.0784. The van der Waals surface area contributed by atoms with Crippen molar-refractivity contribution >= 4 is 56.1 Å². The first kappa shape index (κ1) is 31.0. The van der Waals surface area contributed by atoms with Gasteiger partial charge in [0.05, 0.1) is 0 Å². The zero-order valence-corrected chi connectivity index (χ0v) is 30.7. The van der Waals surface area contributed by atoms with E-state index in [2.05, 4.69) is 170 Å². The van der Waals surface area contributed by atoms with Crippen LogP contribution in [0.4, 0.5) is 0 Å². The molecular formula is C51H33N3S. The van der Waals surface area contributed by atoms with Crippen molar-refractivity contribution in [1.82, 2.24) is 15.0 Å². The minimum Gasteiger partial charge on any atom is -0.213 e. The molecule has 258 valence electrons. The van der Waals surface area contributed by atoms with E-state index >= 15 is 0 Å². The summed E-state index contributed by atoms with van der Waals surface area (Å²) >= 11 is 1.97. The van der Waals surface area contributed by atoms with Crippen molar-refractivity contribution in [2.24, 2.45) is 0 Å². The monoisotopic (exact) mass is 719 g/mol. The van der Waals surface area contributed by atoms with Crippen LogP contribution in [0.15, 0.2) is 169 Å². The highest BCUT2D eigenvalue weighted by molar-refractivity contribution is 8.00. The molecule has 1 aromatic heterocycles. The Bertz CT molecular complexity index is 3000. The lowest BCUT2D eigenvalue weighted by Crippen LogP contribution is -2.20. The van der Waals surface area contributed by atoms with Crippen molar-refractivity contribution in [3.05, 3.63) is 203 Å². The van der Waals surface area contributed by atoms with E-state index < -0.39 is 0 Å². The Balaban J connectivity index is 1.08. The molecule has 7 aromatic carbocycles. The van der Waals surface area contributed by atoms with Crippen LogP contribution >= 0.6 is 11.8 Å². The van der Waals surface area contributed by atoms with Crippen molar-refractivity contribution in [2.75, 3.05) is 0 Å². The fourth-order valence-corrected chi connectivity index (χ4v) is 10.8. The molecule has 3 atom stereocenters. The van der Waals surface area contributed by atoms with Crippen molar-refractivity contribution in [1.29, 1.82) is 0 Å². The van der Waals surface area contributed by atoms with Gasteiger partial charge in [-0.05, 0) is 84.1 Å². The van der Waals surface area contributed by atoms with E-state index in [1.165, 1.54) is 82.1 Å². The van der Waals surface area contributed by atoms with Crippen LogP contribution in [0.25, 0.3) is 66.9 Å². The van der Waals surface area contributed by atoms with Gasteiger partial charge in [0, 0.05) is 33.1 Å². The minimum atomic E-state index is 0.0276. The van der Waals surface area contributed by atoms with Gasteiger partial charge < -0.3 is 0 Å². The van der Waals surface area contributed by atoms with Crippen LogP contribution in [-0.4, -0.2) is 20.2 Å². The normalized spacial score (nSPS) is 18.9. The molecule has 55 heavy (non-hydrogen) atoms. The average Bonchev–Trinajstić information content (AvgIpc) is 3.79. The first-order valence-electron chi connectivity index (χ1n) is 19.1. The van der Waals surface area contributed by atoms with Crippen molar-refractivity contribution in [2.45, 2.75) is 28.4 Å². The maximum atomic E-state index is 5.53. The number of benzene rings is 7. The Morgan fingerprint density at radius 1 is 0.564 bits per heavy atom. The highest BCUT2D eigenvalue weighted by Crippen LogP contribution is 2.61. The molecule has 3 aliphatic carbocycles. The Hall–Kier alpha value is -6.36. The van der Waals surface area contributed by atoms with Crippen LogP contribution in [0.3, 0.4) is 0 Å². The lowest BCUT2D eigenvalue weighted by Gasteiger charge is -2.29. The third-order valence-electron chi connectivity index (χ3n) is 12.0. The number of thioether (sulfide) groups is 1. The predicted octanol–water partition coefficient (Wildman–Crippen LogP) is 12.4. The van der Waals surface area contributed by atoms with Crippen LogP contribution in [-0.2, 0) is 6.42 Å². The summed E-state index contributed by atoms with van der Waals surface area (Å²) in [6, 6.07) is 55.0. The summed E-state index contributed by atoms with van der Waals surface area (Å²) < 4.78 is 0. The first-order chi connectivity index (χ1) is 27.2. The molecule has 0 N–H and O–H groups in total. The van der Waals surface area contributed by atoms with Gasteiger partial charge in [-0.25, -0.2) is 15.0 Å². The van der Waals surface area contributed by atoms with E-state index in [0.29, 0.717) is 5.82 Å². The molecule has 1 aliphatic heterocycles. The molecule has 3 unspecified atom stereocenters. The smallest absolute Gasteiger partial charge is 0.163 e. The first-order valence-corrected chi connectivity index (χ1v) is 20.0. The zero-order valence-electron chi connectivity index (χ0n) is 29.9. The highest BCUT2D eigenvalue weighted by atomic mass is 32.2. The molecule has 4 heteroatoms. The van der Waals surface area contributed by atoms with Crippen molar-refractivity contribution < 1.29 is 0 Å². The second-order valence-corrected chi connectivity index (χ2v) is 16.2. The molecule has 0 amide bonds. The van der Waals surface area contributed by atoms with E-state index in [4.69, 9.17) is 15.0 Å². The number of nitrogens with zero attached hydrogens (tertiary/aromatic N) is 3. The molecule has 0 saturated carbocycles. The maximum absolute atomic E-state index is 5.53. The summed E-state index contributed by atoms with van der Waals surface area (Å²) in [5.74, 6) is 2.45. The molecule has 0 spiro atoms. The molecule has 3 nitrogen and oxygen atoms in total. The van der Waals surface area contributed by atoms with Crippen LogP contribution in [0, 0.1) is 0 Å². The molecule has 0 saturated heterocycles. The summed E-state index contributed by atoms with van der Waals surface area (Å²) in [5, 5.41) is 5.32. The van der Waals surface area contributed by atoms with Gasteiger partial charge in [-0.15, -0.1) is 11.8 Å². The highest BCUT2D eigenvalue weighted by Gasteiger charge is 2.44. The van der Waals surface area contributed by atoms with Crippen molar-refractivity contribution in [3.63, 3.8) is 0 Å². The topological polar surface area (TPSA) is 38.7 Å². The summed E-state index contributed by atoms with van der Waals surface area (Å²) in [4.78, 5) is 17.7. The fourth-order valence-electron chi connectivity index (χ4n) is 9.44. The van der Waals surface area contributed by atoms with Gasteiger partial charge in [0.25, 0.3) is 0 Å². The number of aromatic nitrogens is 3. The van der Waals surface area contributed by atoms with Gasteiger partial charge in [0.15, 0.2) is 11.6 Å². The van der Waals surface area contributed by atoms with Crippen LogP contribution < -0.4 is 0 Å². The molecule has 2 heterocycles. The maximum Gasteiger partial charge on any atom is 0.163 e. The summed E-state index contributed by atoms with van der Waals surface area (Å²) in [5.41, 5.74) is 13.7. The summed E-state index contributed by atoms with van der Waals surface area (Å²) in [6.07, 6.45) is 7.90. The van der Waals surface area contributed by atoms with Gasteiger partial charge in [-0.3, -0.25) is 0 Å². The standard InChI is InChI=1S/C51H33N3S/c1-2-12-35-28-36(27-22-30(35)10-1)50-52-49(34-25-23-32(24-26-34)38-18-7-13-31-11-3-4-16-37(31)38)53-51(54-50)48-46-41-20-9-15-33-14-8-19-39(45(33)41)42(46)29-44-47(48)40-17-5-6-21-43(40)55-44/h1-27,29,36,44,47H,28H2. The molecular weight excluding hydrogens is 687 g/mol. The Morgan fingerprint density at radius 2 is 1.27 bits per heavy atom. The summed E-state index contributed by atoms with van der Waals surface area (Å²) in [6.45, 7) is 0. The van der Waals surface area contributed by atoms with E-state index in [-0.39, 0.29) is 17.1 Å². The third kappa shape index (κ3) is 4.81. The minimum absolute atomic E-state index is 0.0276. The quantitative estimate of drug-likeness (QED) is 0.182. The average molecular weight is 720 g/mol. The molecule has 12 rings (SSSR count). The Kier molecular flexibility index (Phi) is 6.81. The van der Waals surface area contributed by atoms with E-state index in [9.17, 15) is 0 Å². The molecule has 4 aliphatic rings. The van der Waals surface area contributed by atoms with E-state index in [1.54, 1.807) is 0 Å². The van der Waals surface area contributed by atoms with Crippen LogP contribution in [0.5, 0.6) is 0 Å². The molecule has 0 bridgehead atoms. The number of rotatable bonds is 4. The zero-order chi connectivity index (χ0) is 36.0. The van der Waals surface area contributed by atoms with Crippen LogP contribution in [0.1, 0.15) is 51.3 Å². The van der Waals surface area contributed by atoms with Gasteiger partial charge in [-0.1, -0.05) is 164 Å². The second kappa shape index (κ2) is 12.1. The third-order valence-corrected chi connectivity index (χ3v) is 13.3. The largest absolute Gasteiger partial charge is 0.213 e. The summed E-state index contributed by atoms with van der Waals surface area (Å²) in [7, 11) is 0. The number of allylic oxidation sites excluding steroid dienone is 4. The van der Waals surface area contributed by atoms with E-state index in [0.717, 1.165) is 23.6 Å². The van der Waals surface area contributed by atoms with Gasteiger partial charge in [-0.2, -0.15) is 0 Å². The Morgan fingerprint density at radius 3 is 2.18 bits per heavy atom. The lowest BCUT2D eigenvalue weighted by molar-refractivity contribution is 0.738. The molecule has 0 radical (unpaired) electrons. The van der Waals surface area contributed by atoms with Crippen molar-refractivity contribution in [3.8, 4) is 22.5 Å². The van der Waals surface area contributed by atoms with E-state index in [1.807, 2.05) is 11.8 Å². The van der Waals surface area contributed by atoms with Gasteiger partial charge in [0.1, 0.15) is 5.82 Å². The predicted molar refractivity (Wildman–Crippen MR) is 228 cm³/mol. The molecule has 0 fully saturated rings. The number of fused-ring (bicyclic) bond motifs is 8. The van der Waals surface area contributed by atoms with Gasteiger partial charge >= 0.3 is 0 Å². The Labute approximate surface area is 323 Å². The SMILES string of the molecule is C1=CC(c2nc(C3=C4C(=CC5Sc6ccccc6C35)c3cccc5cccc4c35)nc(-c3ccc(-c4cccc5ccccc45)cc3)n2)Cc2ccccc21. The second-order valence-electron chi connectivity index (χ2n) is 15.0. The number of hydrogen-bond acceptors (Lipinski definition) is 4. The van der Waals surface area contributed by atoms with Gasteiger partial charge in [0.2, 0.25) is 0 Å². The van der Waals surface area contributed by atoms with Crippen LogP contribution in [0.2, 0.25) is 0 Å². The molecule has 8 aromatic rings. The number of hydrogen-bond donors (Lipinski definition) is 0. The lowest BCUT2D eigenvalue weighted by atomic mass is 9.77.